The predicted octanol–water partition coefficient (Wildman–Crippen LogP) is 2.42. The summed E-state index contributed by atoms with van der Waals surface area (Å²) in [5.74, 6) is 1.38. The molecule has 1 radical (unpaired) electrons. The molecule has 0 aliphatic heterocycles. The van der Waals surface area contributed by atoms with Crippen LogP contribution >= 0.6 is 0 Å². The summed E-state index contributed by atoms with van der Waals surface area (Å²) in [4.78, 5) is 0.378. The van der Waals surface area contributed by atoms with E-state index in [2.05, 4.69) is 0 Å². The molecule has 13 heavy (non-hydrogen) atoms. The predicted molar refractivity (Wildman–Crippen MR) is 52.8 cm³/mol. The monoisotopic (exact) mass is 197 g/mol. The molecule has 0 fully saturated rings. The molecule has 0 unspecified atom stereocenters. The summed E-state index contributed by atoms with van der Waals surface area (Å²) < 4.78 is 23.1. The average molecular weight is 197 g/mol. The quantitative estimate of drug-likeness (QED) is 0.742. The Balaban J connectivity index is 2.83. The Hall–Kier alpha value is -0.830. The first-order chi connectivity index (χ1) is 6.17. The van der Waals surface area contributed by atoms with Gasteiger partial charge >= 0.3 is 0 Å². The van der Waals surface area contributed by atoms with Gasteiger partial charge in [0.2, 0.25) is 0 Å². The van der Waals surface area contributed by atoms with Gasteiger partial charge in [0.05, 0.1) is 10.6 Å². The molecule has 0 spiro atoms. The van der Waals surface area contributed by atoms with Crippen LogP contribution < -0.4 is 0 Å². The van der Waals surface area contributed by atoms with Crippen molar-refractivity contribution in [2.45, 2.75) is 24.7 Å². The molecule has 2 nitrogen and oxygen atoms in total. The summed E-state index contributed by atoms with van der Waals surface area (Å²) in [5.41, 5.74) is 0. The van der Waals surface area contributed by atoms with Gasteiger partial charge in [-0.15, -0.1) is 0 Å². The Morgan fingerprint density at radius 1 is 1.23 bits per heavy atom. The maximum atomic E-state index is 11.5. The second-order valence-corrected chi connectivity index (χ2v) is 4.71. The number of hydrogen-bond acceptors (Lipinski definition) is 2. The summed E-state index contributed by atoms with van der Waals surface area (Å²) in [6, 6.07) is 8.49. The van der Waals surface area contributed by atoms with Crippen LogP contribution in [0.4, 0.5) is 0 Å². The van der Waals surface area contributed by atoms with Crippen LogP contribution in [0.15, 0.2) is 35.2 Å². The van der Waals surface area contributed by atoms with E-state index >= 15 is 0 Å². The van der Waals surface area contributed by atoms with Crippen molar-refractivity contribution in [1.82, 2.24) is 0 Å². The first-order valence-corrected chi connectivity index (χ1v) is 5.85. The van der Waals surface area contributed by atoms with E-state index in [4.69, 9.17) is 0 Å². The summed E-state index contributed by atoms with van der Waals surface area (Å²) >= 11 is 0. The average Bonchev–Trinajstić information content (AvgIpc) is 2.16. The molecule has 0 atom stereocenters. The highest BCUT2D eigenvalue weighted by Crippen LogP contribution is 2.14. The van der Waals surface area contributed by atoms with Crippen LogP contribution in [0.5, 0.6) is 0 Å². The largest absolute Gasteiger partial charge is 0.223 e. The molecule has 3 heteroatoms. The zero-order chi connectivity index (χ0) is 9.73. The molecule has 0 saturated heterocycles. The fraction of sp³-hybridized carbons (Fsp3) is 0.300. The first-order valence-electron chi connectivity index (χ1n) is 4.30. The number of benzene rings is 1. The van der Waals surface area contributed by atoms with Gasteiger partial charge in [-0.1, -0.05) is 31.5 Å². The third-order valence-corrected chi connectivity index (χ3v) is 3.30. The van der Waals surface area contributed by atoms with E-state index in [0.717, 1.165) is 6.42 Å². The molecule has 0 aliphatic rings. The Morgan fingerprint density at radius 3 is 2.38 bits per heavy atom. The molecule has 1 rings (SSSR count). The van der Waals surface area contributed by atoms with E-state index in [1.54, 1.807) is 30.3 Å². The zero-order valence-electron chi connectivity index (χ0n) is 7.60. The molecular weight excluding hydrogens is 184 g/mol. The highest BCUT2D eigenvalue weighted by Gasteiger charge is 2.12. The smallest absolute Gasteiger partial charge is 0.182 e. The van der Waals surface area contributed by atoms with Gasteiger partial charge in [0.15, 0.2) is 9.84 Å². The Bertz CT molecular complexity index is 340. The number of rotatable bonds is 4. The fourth-order valence-corrected chi connectivity index (χ4v) is 2.25. The lowest BCUT2D eigenvalue weighted by atomic mass is 10.4. The Morgan fingerprint density at radius 2 is 1.85 bits per heavy atom. The second-order valence-electron chi connectivity index (χ2n) is 2.81. The standard InChI is InChI=1S/C10H13O2S/c1-2-3-9-13(11,12)10-7-5-4-6-8-10/h4-9H,2-3H2,1H3. The number of sulfone groups is 1. The Kier molecular flexibility index (Phi) is 3.48. The van der Waals surface area contributed by atoms with Gasteiger partial charge in [0.25, 0.3) is 0 Å². The van der Waals surface area contributed by atoms with E-state index < -0.39 is 9.84 Å². The van der Waals surface area contributed by atoms with Crippen LogP contribution in [0.1, 0.15) is 19.8 Å². The minimum absolute atomic E-state index is 0.378. The lowest BCUT2D eigenvalue weighted by molar-refractivity contribution is 0.599. The minimum atomic E-state index is -3.15. The van der Waals surface area contributed by atoms with Gasteiger partial charge in [-0.2, -0.15) is 0 Å². The van der Waals surface area contributed by atoms with E-state index in [9.17, 15) is 8.42 Å². The third kappa shape index (κ3) is 2.84. The molecule has 0 N–H and O–H groups in total. The van der Waals surface area contributed by atoms with Crippen molar-refractivity contribution in [2.24, 2.45) is 0 Å². The van der Waals surface area contributed by atoms with E-state index in [1.807, 2.05) is 6.92 Å². The third-order valence-electron chi connectivity index (χ3n) is 1.70. The van der Waals surface area contributed by atoms with Gasteiger partial charge < -0.3 is 0 Å². The molecule has 1 aromatic carbocycles. The topological polar surface area (TPSA) is 34.1 Å². The van der Waals surface area contributed by atoms with Crippen molar-refractivity contribution in [3.63, 3.8) is 0 Å². The summed E-state index contributed by atoms with van der Waals surface area (Å²) in [5, 5.41) is 0. The van der Waals surface area contributed by atoms with Crippen molar-refractivity contribution in [3.8, 4) is 0 Å². The minimum Gasteiger partial charge on any atom is -0.223 e. The molecule has 0 heterocycles. The number of hydrogen-bond donors (Lipinski definition) is 0. The zero-order valence-corrected chi connectivity index (χ0v) is 8.42. The molecule has 71 valence electrons. The van der Waals surface area contributed by atoms with Crippen molar-refractivity contribution < 1.29 is 8.42 Å². The van der Waals surface area contributed by atoms with Crippen LogP contribution in [0, 0.1) is 5.75 Å². The van der Waals surface area contributed by atoms with Gasteiger partial charge in [0.1, 0.15) is 0 Å². The number of unbranched alkanes of at least 4 members (excludes halogenated alkanes) is 1. The van der Waals surface area contributed by atoms with E-state index in [1.165, 1.54) is 5.75 Å². The maximum absolute atomic E-state index is 11.5. The van der Waals surface area contributed by atoms with E-state index in [0.29, 0.717) is 11.3 Å². The maximum Gasteiger partial charge on any atom is 0.182 e. The second kappa shape index (κ2) is 4.42. The summed E-state index contributed by atoms with van der Waals surface area (Å²) in [7, 11) is -3.15. The molecule has 0 aromatic heterocycles. The SMILES string of the molecule is CCC[CH]S(=O)(=O)c1ccccc1. The molecule has 1 aromatic rings. The lowest BCUT2D eigenvalue weighted by Gasteiger charge is -2.01. The molecule has 0 aliphatic carbocycles. The lowest BCUT2D eigenvalue weighted by Crippen LogP contribution is -2.00. The highest BCUT2D eigenvalue weighted by atomic mass is 32.2. The fourth-order valence-electron chi connectivity index (χ4n) is 0.979. The van der Waals surface area contributed by atoms with Crippen LogP contribution in [0.2, 0.25) is 0 Å². The molecular formula is C10H13O2S. The normalized spacial score (nSPS) is 11.5. The molecule has 0 bridgehead atoms. The van der Waals surface area contributed by atoms with Gasteiger partial charge in [-0.05, 0) is 18.6 Å². The van der Waals surface area contributed by atoms with Crippen molar-refractivity contribution in [2.75, 3.05) is 0 Å². The molecule has 0 amide bonds. The highest BCUT2D eigenvalue weighted by molar-refractivity contribution is 7.93. The van der Waals surface area contributed by atoms with Crippen molar-refractivity contribution >= 4 is 9.84 Å². The van der Waals surface area contributed by atoms with Crippen LogP contribution in [-0.4, -0.2) is 8.42 Å². The van der Waals surface area contributed by atoms with Crippen LogP contribution in [-0.2, 0) is 9.84 Å². The Labute approximate surface area is 79.5 Å². The van der Waals surface area contributed by atoms with E-state index in [-0.39, 0.29) is 0 Å². The van der Waals surface area contributed by atoms with Crippen molar-refractivity contribution in [1.29, 1.82) is 0 Å². The van der Waals surface area contributed by atoms with Gasteiger partial charge in [0, 0.05) is 0 Å². The van der Waals surface area contributed by atoms with Crippen LogP contribution in [0.25, 0.3) is 0 Å². The van der Waals surface area contributed by atoms with Crippen molar-refractivity contribution in [3.05, 3.63) is 36.1 Å². The summed E-state index contributed by atoms with van der Waals surface area (Å²) in [6.45, 7) is 1.96. The van der Waals surface area contributed by atoms with Gasteiger partial charge in [-0.3, -0.25) is 0 Å². The summed E-state index contributed by atoms with van der Waals surface area (Å²) in [6.07, 6.45) is 1.46. The van der Waals surface area contributed by atoms with Crippen LogP contribution in [0.3, 0.4) is 0 Å². The first kappa shape index (κ1) is 10.3. The van der Waals surface area contributed by atoms with Gasteiger partial charge in [-0.25, -0.2) is 8.42 Å². The molecule has 0 saturated carbocycles.